The van der Waals surface area contributed by atoms with Crippen LogP contribution in [0.2, 0.25) is 5.02 Å². The summed E-state index contributed by atoms with van der Waals surface area (Å²) >= 11 is 5.99. The quantitative estimate of drug-likeness (QED) is 0.593. The van der Waals surface area contributed by atoms with Gasteiger partial charge in [0.05, 0.1) is 11.9 Å². The average Bonchev–Trinajstić information content (AvgIpc) is 2.72. The Morgan fingerprint density at radius 1 is 1.16 bits per heavy atom. The molecule has 0 bridgehead atoms. The van der Waals surface area contributed by atoms with E-state index in [1.807, 2.05) is 0 Å². The van der Waals surface area contributed by atoms with Gasteiger partial charge in [-0.1, -0.05) is 30.7 Å². The zero-order chi connectivity index (χ0) is 24.1. The highest BCUT2D eigenvalue weighted by molar-refractivity contribution is 7.92. The van der Waals surface area contributed by atoms with Crippen molar-refractivity contribution in [2.75, 3.05) is 24.2 Å². The molecule has 0 unspecified atom stereocenters. The first kappa shape index (κ1) is 25.6. The zero-order valence-electron chi connectivity index (χ0n) is 18.4. The van der Waals surface area contributed by atoms with E-state index in [1.165, 1.54) is 42.3 Å². The van der Waals surface area contributed by atoms with Crippen LogP contribution in [0.1, 0.15) is 24.5 Å². The number of carbonyl (C=O) groups excluding carboxylic acids is 2. The first-order valence-electron chi connectivity index (χ1n) is 9.97. The minimum Gasteiger partial charge on any atom is -0.357 e. The average molecular weight is 484 g/mol. The van der Waals surface area contributed by atoms with E-state index in [4.69, 9.17) is 11.6 Å². The highest BCUT2D eigenvalue weighted by atomic mass is 35.5. The molecule has 32 heavy (non-hydrogen) atoms. The Morgan fingerprint density at radius 3 is 2.28 bits per heavy atom. The maximum absolute atomic E-state index is 13.4. The third kappa shape index (κ3) is 6.43. The van der Waals surface area contributed by atoms with Gasteiger partial charge in [0.15, 0.2) is 0 Å². The molecule has 0 aliphatic carbocycles. The van der Waals surface area contributed by atoms with Crippen LogP contribution in [0.3, 0.4) is 0 Å². The van der Waals surface area contributed by atoms with Crippen molar-refractivity contribution < 1.29 is 22.4 Å². The SMILES string of the molecule is CC[C@H](C(=O)NC)N(Cc1ccc(F)cc1)C(=O)CN(c1ccc(Cl)cc1C)S(C)(=O)=O. The van der Waals surface area contributed by atoms with Crippen LogP contribution in [0.25, 0.3) is 0 Å². The number of anilines is 1. The number of nitrogens with zero attached hydrogens (tertiary/aromatic N) is 2. The van der Waals surface area contributed by atoms with Crippen molar-refractivity contribution in [1.29, 1.82) is 0 Å². The molecule has 0 radical (unpaired) electrons. The number of hydrogen-bond acceptors (Lipinski definition) is 4. The smallest absolute Gasteiger partial charge is 0.244 e. The lowest BCUT2D eigenvalue weighted by Gasteiger charge is -2.33. The molecule has 1 N–H and O–H groups in total. The van der Waals surface area contributed by atoms with Crippen molar-refractivity contribution in [2.24, 2.45) is 0 Å². The maximum atomic E-state index is 13.4. The predicted molar refractivity (Wildman–Crippen MR) is 123 cm³/mol. The highest BCUT2D eigenvalue weighted by Crippen LogP contribution is 2.26. The maximum Gasteiger partial charge on any atom is 0.244 e. The summed E-state index contributed by atoms with van der Waals surface area (Å²) in [6, 6.07) is 9.42. The Kier molecular flexibility index (Phi) is 8.63. The second kappa shape index (κ2) is 10.8. The summed E-state index contributed by atoms with van der Waals surface area (Å²) in [7, 11) is -2.36. The molecule has 2 aromatic carbocycles. The number of nitrogens with one attached hydrogen (secondary N) is 1. The molecule has 0 aliphatic heterocycles. The Hall–Kier alpha value is -2.65. The Labute approximate surface area is 193 Å². The van der Waals surface area contributed by atoms with Gasteiger partial charge in [-0.2, -0.15) is 0 Å². The molecular formula is C22H27ClFN3O4S. The summed E-state index contributed by atoms with van der Waals surface area (Å²) in [6.07, 6.45) is 1.32. The Morgan fingerprint density at radius 2 is 1.78 bits per heavy atom. The normalized spacial score (nSPS) is 12.2. The van der Waals surface area contributed by atoms with Crippen molar-refractivity contribution in [1.82, 2.24) is 10.2 Å². The summed E-state index contributed by atoms with van der Waals surface area (Å²) in [4.78, 5) is 27.2. The van der Waals surface area contributed by atoms with Crippen LogP contribution in [-0.2, 0) is 26.2 Å². The third-order valence-corrected chi connectivity index (χ3v) is 6.37. The number of amides is 2. The van der Waals surface area contributed by atoms with E-state index in [0.29, 0.717) is 28.3 Å². The Balaban J connectivity index is 2.45. The fraction of sp³-hybridized carbons (Fsp3) is 0.364. The van der Waals surface area contributed by atoms with Crippen LogP contribution in [-0.4, -0.2) is 51.0 Å². The molecule has 0 saturated heterocycles. The Bertz CT molecular complexity index is 1080. The minimum absolute atomic E-state index is 0.0161. The van der Waals surface area contributed by atoms with E-state index in [2.05, 4.69) is 5.32 Å². The van der Waals surface area contributed by atoms with Crippen LogP contribution in [0, 0.1) is 12.7 Å². The summed E-state index contributed by atoms with van der Waals surface area (Å²) in [5.74, 6) is -1.37. The number of hydrogen-bond donors (Lipinski definition) is 1. The second-order valence-electron chi connectivity index (χ2n) is 7.39. The summed E-state index contributed by atoms with van der Waals surface area (Å²) < 4.78 is 39.4. The topological polar surface area (TPSA) is 86.8 Å². The summed E-state index contributed by atoms with van der Waals surface area (Å²) in [6.45, 7) is 2.96. The van der Waals surface area contributed by atoms with Gasteiger partial charge >= 0.3 is 0 Å². The zero-order valence-corrected chi connectivity index (χ0v) is 20.0. The number of aryl methyl sites for hydroxylation is 1. The summed E-state index contributed by atoms with van der Waals surface area (Å²) in [5, 5.41) is 2.98. The summed E-state index contributed by atoms with van der Waals surface area (Å²) in [5.41, 5.74) is 1.51. The molecule has 0 spiro atoms. The van der Waals surface area contributed by atoms with E-state index in [-0.39, 0.29) is 12.5 Å². The molecule has 2 aromatic rings. The standard InChI is InChI=1S/C22H27ClFN3O4S/c1-5-19(22(29)25-3)26(13-16-6-9-18(24)10-7-16)21(28)14-27(32(4,30)31)20-11-8-17(23)12-15(20)2/h6-12,19H,5,13-14H2,1-4H3,(H,25,29)/t19-/m1/s1. The molecule has 2 rings (SSSR count). The number of benzene rings is 2. The van der Waals surface area contributed by atoms with Gasteiger partial charge in [0.25, 0.3) is 0 Å². The van der Waals surface area contributed by atoms with Crippen LogP contribution >= 0.6 is 11.6 Å². The van der Waals surface area contributed by atoms with E-state index in [1.54, 1.807) is 26.0 Å². The molecule has 2 amide bonds. The van der Waals surface area contributed by atoms with Gasteiger partial charge in [-0.05, 0) is 54.8 Å². The van der Waals surface area contributed by atoms with Crippen molar-refractivity contribution >= 4 is 39.1 Å². The highest BCUT2D eigenvalue weighted by Gasteiger charge is 2.31. The molecule has 7 nitrogen and oxygen atoms in total. The fourth-order valence-electron chi connectivity index (χ4n) is 3.37. The van der Waals surface area contributed by atoms with Crippen molar-refractivity contribution in [3.63, 3.8) is 0 Å². The van der Waals surface area contributed by atoms with E-state index >= 15 is 0 Å². The number of sulfonamides is 1. The monoisotopic (exact) mass is 483 g/mol. The second-order valence-corrected chi connectivity index (χ2v) is 9.73. The van der Waals surface area contributed by atoms with Crippen molar-refractivity contribution in [3.05, 3.63) is 64.4 Å². The van der Waals surface area contributed by atoms with Gasteiger partial charge < -0.3 is 10.2 Å². The third-order valence-electron chi connectivity index (χ3n) is 5.01. The largest absolute Gasteiger partial charge is 0.357 e. The van der Waals surface area contributed by atoms with E-state index in [0.717, 1.165) is 10.6 Å². The molecular weight excluding hydrogens is 457 g/mol. The van der Waals surface area contributed by atoms with Crippen molar-refractivity contribution in [2.45, 2.75) is 32.9 Å². The first-order valence-corrected chi connectivity index (χ1v) is 12.2. The number of halogens is 2. The van der Waals surface area contributed by atoms with Crippen molar-refractivity contribution in [3.8, 4) is 0 Å². The lowest BCUT2D eigenvalue weighted by Crippen LogP contribution is -2.51. The van der Waals surface area contributed by atoms with Crippen LogP contribution in [0.5, 0.6) is 0 Å². The molecule has 174 valence electrons. The number of carbonyl (C=O) groups is 2. The predicted octanol–water partition coefficient (Wildman–Crippen LogP) is 3.11. The van der Waals surface area contributed by atoms with Crippen LogP contribution < -0.4 is 9.62 Å². The van der Waals surface area contributed by atoms with Gasteiger partial charge in [-0.25, -0.2) is 12.8 Å². The van der Waals surface area contributed by atoms with E-state index < -0.39 is 34.3 Å². The molecule has 0 heterocycles. The lowest BCUT2D eigenvalue weighted by atomic mass is 10.1. The van der Waals surface area contributed by atoms with E-state index in [9.17, 15) is 22.4 Å². The first-order chi connectivity index (χ1) is 15.0. The molecule has 0 aliphatic rings. The molecule has 0 fully saturated rings. The number of rotatable bonds is 9. The van der Waals surface area contributed by atoms with Gasteiger partial charge in [0.1, 0.15) is 18.4 Å². The molecule has 1 atom stereocenters. The molecule has 10 heteroatoms. The molecule has 0 saturated carbocycles. The molecule has 0 aromatic heterocycles. The fourth-order valence-corrected chi connectivity index (χ4v) is 4.50. The lowest BCUT2D eigenvalue weighted by molar-refractivity contribution is -0.140. The van der Waals surface area contributed by atoms with Gasteiger partial charge in [-0.3, -0.25) is 13.9 Å². The van der Waals surface area contributed by atoms with Gasteiger partial charge in [0, 0.05) is 18.6 Å². The van der Waals surface area contributed by atoms with Crippen LogP contribution in [0.15, 0.2) is 42.5 Å². The van der Waals surface area contributed by atoms with Crippen LogP contribution in [0.4, 0.5) is 10.1 Å². The van der Waals surface area contributed by atoms with Gasteiger partial charge in [-0.15, -0.1) is 0 Å². The van der Waals surface area contributed by atoms with Gasteiger partial charge in [0.2, 0.25) is 21.8 Å². The number of likely N-dealkylation sites (N-methyl/N-ethyl adjacent to an activating group) is 1. The minimum atomic E-state index is -3.83.